The van der Waals surface area contributed by atoms with Gasteiger partial charge in [-0.15, -0.1) is 0 Å². The molecule has 2 aromatic carbocycles. The highest BCUT2D eigenvalue weighted by Gasteiger charge is 2.32. The monoisotopic (exact) mass is 554 g/mol. The summed E-state index contributed by atoms with van der Waals surface area (Å²) in [6, 6.07) is 4.74. The van der Waals surface area contributed by atoms with Gasteiger partial charge in [-0.25, -0.2) is 22.2 Å². The lowest BCUT2D eigenvalue weighted by atomic mass is 10.2. The van der Waals surface area contributed by atoms with E-state index in [-0.39, 0.29) is 17.2 Å². The quantitative estimate of drug-likeness (QED) is 0.178. The lowest BCUT2D eigenvalue weighted by Crippen LogP contribution is -2.26. The van der Waals surface area contributed by atoms with E-state index in [0.717, 1.165) is 43.3 Å². The first kappa shape index (κ1) is 27.7. The summed E-state index contributed by atoms with van der Waals surface area (Å²) in [5.41, 5.74) is -4.29. The Balaban J connectivity index is 1.92. The standard InChI is InChI=1S/C21H14ClF7N4O4/c1-9(32-17(19(25)26)15(22)16(31-32)18(23)24)20(34)30-11-6-12(33(35)36)8-14(7-11)37-13-4-2-3-10(5-13)21(27,28)29/h2-9,18-19H,1H3,(H,30,34). The third-order valence-corrected chi connectivity index (χ3v) is 5.23. The number of carbonyl (C=O) groups excluding carboxylic acids is 1. The van der Waals surface area contributed by atoms with Crippen LogP contribution in [0.4, 0.5) is 42.1 Å². The van der Waals surface area contributed by atoms with Crippen LogP contribution in [-0.4, -0.2) is 20.6 Å². The molecule has 1 amide bonds. The molecule has 198 valence electrons. The minimum atomic E-state index is -4.69. The molecular formula is C21H14ClF7N4O4. The van der Waals surface area contributed by atoms with Gasteiger partial charge in [-0.3, -0.25) is 14.9 Å². The summed E-state index contributed by atoms with van der Waals surface area (Å²) in [7, 11) is 0. The van der Waals surface area contributed by atoms with E-state index < -0.39 is 63.6 Å². The molecule has 0 aliphatic heterocycles. The zero-order valence-corrected chi connectivity index (χ0v) is 19.0. The number of ether oxygens (including phenoxy) is 1. The van der Waals surface area contributed by atoms with Crippen molar-refractivity contribution >= 4 is 28.9 Å². The molecule has 16 heteroatoms. The van der Waals surface area contributed by atoms with Gasteiger partial charge in [0.1, 0.15) is 28.9 Å². The lowest BCUT2D eigenvalue weighted by Gasteiger charge is -2.16. The summed E-state index contributed by atoms with van der Waals surface area (Å²) in [6.07, 6.45) is -11.4. The van der Waals surface area contributed by atoms with Crippen LogP contribution in [0.15, 0.2) is 42.5 Å². The number of carbonyl (C=O) groups is 1. The van der Waals surface area contributed by atoms with Crippen molar-refractivity contribution in [2.75, 3.05) is 5.32 Å². The molecule has 3 rings (SSSR count). The SMILES string of the molecule is CC(C(=O)Nc1cc(Oc2cccc(C(F)(F)F)c2)cc([N+](=O)[O-])c1)n1nc(C(F)F)c(Cl)c1C(F)F. The third-order valence-electron chi connectivity index (χ3n) is 4.84. The van der Waals surface area contributed by atoms with Crippen molar-refractivity contribution in [3.05, 3.63) is 74.6 Å². The van der Waals surface area contributed by atoms with Gasteiger partial charge in [0.05, 0.1) is 27.3 Å². The van der Waals surface area contributed by atoms with Crippen LogP contribution < -0.4 is 10.1 Å². The predicted molar refractivity (Wildman–Crippen MR) is 115 cm³/mol. The van der Waals surface area contributed by atoms with Crippen LogP contribution in [0.1, 0.15) is 42.8 Å². The molecule has 0 saturated heterocycles. The Morgan fingerprint density at radius 3 is 2.35 bits per heavy atom. The molecule has 1 heterocycles. The normalized spacial score (nSPS) is 12.6. The van der Waals surface area contributed by atoms with Crippen LogP contribution in [-0.2, 0) is 11.0 Å². The van der Waals surface area contributed by atoms with Crippen LogP contribution >= 0.6 is 11.6 Å². The van der Waals surface area contributed by atoms with Crippen molar-refractivity contribution in [1.82, 2.24) is 9.78 Å². The number of aromatic nitrogens is 2. The molecule has 8 nitrogen and oxygen atoms in total. The van der Waals surface area contributed by atoms with Crippen LogP contribution in [0.5, 0.6) is 11.5 Å². The number of anilines is 1. The number of rotatable bonds is 8. The smallest absolute Gasteiger partial charge is 0.416 e. The van der Waals surface area contributed by atoms with Crippen LogP contribution in [0, 0.1) is 10.1 Å². The summed E-state index contributed by atoms with van der Waals surface area (Å²) in [6.45, 7) is 1.04. The number of hydrogen-bond donors (Lipinski definition) is 1. The summed E-state index contributed by atoms with van der Waals surface area (Å²) < 4.78 is 97.5. The number of amides is 1. The zero-order chi connectivity index (χ0) is 27.7. The number of nitro groups is 1. The van der Waals surface area contributed by atoms with Crippen molar-refractivity contribution in [2.24, 2.45) is 0 Å². The molecule has 1 N–H and O–H groups in total. The fourth-order valence-electron chi connectivity index (χ4n) is 3.13. The Bertz CT molecular complexity index is 1330. The zero-order valence-electron chi connectivity index (χ0n) is 18.3. The number of alkyl halides is 7. The molecule has 3 aromatic rings. The number of hydrogen-bond acceptors (Lipinski definition) is 5. The van der Waals surface area contributed by atoms with Gasteiger partial charge in [0.15, 0.2) is 0 Å². The molecular weight excluding hydrogens is 541 g/mol. The summed E-state index contributed by atoms with van der Waals surface area (Å²) in [5, 5.41) is 15.8. The van der Waals surface area contributed by atoms with Crippen LogP contribution in [0.2, 0.25) is 5.02 Å². The highest BCUT2D eigenvalue weighted by molar-refractivity contribution is 6.32. The number of halogens is 8. The molecule has 0 radical (unpaired) electrons. The summed E-state index contributed by atoms with van der Waals surface area (Å²) >= 11 is 5.58. The minimum Gasteiger partial charge on any atom is -0.457 e. The average Bonchev–Trinajstić information content (AvgIpc) is 3.15. The Morgan fingerprint density at radius 2 is 1.78 bits per heavy atom. The first-order valence-corrected chi connectivity index (χ1v) is 10.4. The minimum absolute atomic E-state index is 0.307. The number of nitrogens with one attached hydrogen (secondary N) is 1. The molecule has 0 fully saturated rings. The van der Waals surface area contributed by atoms with Crippen molar-refractivity contribution in [3.8, 4) is 11.5 Å². The molecule has 1 unspecified atom stereocenters. The summed E-state index contributed by atoms with van der Waals surface area (Å²) in [5.74, 6) is -1.77. The van der Waals surface area contributed by atoms with E-state index in [9.17, 15) is 45.6 Å². The topological polar surface area (TPSA) is 99.3 Å². The number of non-ortho nitro benzene ring substituents is 1. The van der Waals surface area contributed by atoms with E-state index >= 15 is 0 Å². The van der Waals surface area contributed by atoms with Gasteiger partial charge < -0.3 is 10.1 Å². The van der Waals surface area contributed by atoms with E-state index in [0.29, 0.717) is 10.7 Å². The van der Waals surface area contributed by atoms with Gasteiger partial charge >= 0.3 is 6.18 Å². The van der Waals surface area contributed by atoms with Crippen molar-refractivity contribution in [1.29, 1.82) is 0 Å². The first-order valence-electron chi connectivity index (χ1n) is 9.98. The maximum absolute atomic E-state index is 13.4. The fourth-order valence-corrected chi connectivity index (χ4v) is 3.42. The fraction of sp³-hybridized carbons (Fsp3) is 0.238. The maximum Gasteiger partial charge on any atom is 0.416 e. The Hall–Kier alpha value is -3.88. The Kier molecular flexibility index (Phi) is 7.95. The highest BCUT2D eigenvalue weighted by Crippen LogP contribution is 2.37. The lowest BCUT2D eigenvalue weighted by molar-refractivity contribution is -0.384. The van der Waals surface area contributed by atoms with Gasteiger partial charge in [-0.05, 0) is 25.1 Å². The van der Waals surface area contributed by atoms with Crippen molar-refractivity contribution < 1.29 is 45.2 Å². The van der Waals surface area contributed by atoms with Crippen LogP contribution in [0.25, 0.3) is 0 Å². The second-order valence-corrected chi connectivity index (χ2v) is 7.77. The molecule has 0 bridgehead atoms. The molecule has 1 atom stereocenters. The second kappa shape index (κ2) is 10.6. The van der Waals surface area contributed by atoms with Gasteiger partial charge in [0, 0.05) is 12.1 Å². The summed E-state index contributed by atoms with van der Waals surface area (Å²) in [4.78, 5) is 23.1. The van der Waals surface area contributed by atoms with Crippen LogP contribution in [0.3, 0.4) is 0 Å². The number of nitrogens with zero attached hydrogens (tertiary/aromatic N) is 3. The van der Waals surface area contributed by atoms with E-state index in [1.54, 1.807) is 0 Å². The molecule has 0 saturated carbocycles. The average molecular weight is 555 g/mol. The van der Waals surface area contributed by atoms with Crippen molar-refractivity contribution in [3.63, 3.8) is 0 Å². The molecule has 0 aliphatic carbocycles. The van der Waals surface area contributed by atoms with Gasteiger partial charge in [-0.2, -0.15) is 18.3 Å². The van der Waals surface area contributed by atoms with Gasteiger partial charge in [-0.1, -0.05) is 17.7 Å². The Labute approximate surface area is 207 Å². The van der Waals surface area contributed by atoms with E-state index in [1.165, 1.54) is 0 Å². The molecule has 1 aromatic heterocycles. The molecule has 37 heavy (non-hydrogen) atoms. The largest absolute Gasteiger partial charge is 0.457 e. The molecule has 0 spiro atoms. The first-order chi connectivity index (χ1) is 17.2. The van der Waals surface area contributed by atoms with Gasteiger partial charge in [0.25, 0.3) is 18.5 Å². The number of benzene rings is 2. The second-order valence-electron chi connectivity index (χ2n) is 7.40. The number of nitro benzene ring substituents is 1. The van der Waals surface area contributed by atoms with Gasteiger partial charge in [0.2, 0.25) is 5.91 Å². The van der Waals surface area contributed by atoms with E-state index in [1.807, 2.05) is 0 Å². The van der Waals surface area contributed by atoms with E-state index in [4.69, 9.17) is 16.3 Å². The molecule has 0 aliphatic rings. The third kappa shape index (κ3) is 6.28. The highest BCUT2D eigenvalue weighted by atomic mass is 35.5. The predicted octanol–water partition coefficient (Wildman–Crippen LogP) is 7.33. The van der Waals surface area contributed by atoms with Crippen molar-refractivity contribution in [2.45, 2.75) is 32.0 Å². The maximum atomic E-state index is 13.4. The Morgan fingerprint density at radius 1 is 1.11 bits per heavy atom. The van der Waals surface area contributed by atoms with E-state index in [2.05, 4.69) is 10.4 Å².